The van der Waals surface area contributed by atoms with Gasteiger partial charge in [-0.15, -0.1) is 0 Å². The predicted octanol–water partition coefficient (Wildman–Crippen LogP) is 3.69. The van der Waals surface area contributed by atoms with Crippen molar-refractivity contribution in [2.75, 3.05) is 14.2 Å². The Bertz CT molecular complexity index is 631. The molecule has 1 atom stereocenters. The molecule has 2 aromatic rings. The number of hydrogen-bond donors (Lipinski definition) is 0. The zero-order valence-corrected chi connectivity index (χ0v) is 13.8. The molecule has 0 N–H and O–H groups in total. The van der Waals surface area contributed by atoms with E-state index in [4.69, 9.17) is 4.74 Å². The zero-order chi connectivity index (χ0) is 15.4. The van der Waals surface area contributed by atoms with Crippen LogP contribution in [0.25, 0.3) is 0 Å². The van der Waals surface area contributed by atoms with Gasteiger partial charge >= 0.3 is 0 Å². The van der Waals surface area contributed by atoms with Gasteiger partial charge in [-0.25, -0.2) is 0 Å². The van der Waals surface area contributed by atoms with Crippen molar-refractivity contribution in [1.82, 2.24) is 9.88 Å². The fourth-order valence-corrected chi connectivity index (χ4v) is 2.59. The molecule has 1 aromatic carbocycles. The highest BCUT2D eigenvalue weighted by Gasteiger charge is 2.19. The number of aromatic nitrogens is 1. The maximum Gasteiger partial charge on any atom is 0.254 e. The van der Waals surface area contributed by atoms with Crippen LogP contribution in [0, 0.1) is 0 Å². The van der Waals surface area contributed by atoms with Crippen LogP contribution in [-0.4, -0.2) is 29.9 Å². The highest BCUT2D eigenvalue weighted by Crippen LogP contribution is 2.27. The number of nitrogens with zero attached hydrogens (tertiary/aromatic N) is 2. The lowest BCUT2D eigenvalue weighted by Crippen LogP contribution is -2.29. The highest BCUT2D eigenvalue weighted by molar-refractivity contribution is 9.10. The van der Waals surface area contributed by atoms with Crippen LogP contribution >= 0.6 is 15.9 Å². The molecule has 1 heterocycles. The number of benzene rings is 1. The lowest BCUT2D eigenvalue weighted by molar-refractivity contribution is 0.0742. The Morgan fingerprint density at radius 2 is 1.95 bits per heavy atom. The third kappa shape index (κ3) is 3.42. The molecule has 0 saturated heterocycles. The van der Waals surface area contributed by atoms with Gasteiger partial charge in [0, 0.05) is 25.0 Å². The first-order chi connectivity index (χ1) is 10.0. The largest absolute Gasteiger partial charge is 0.496 e. The second kappa shape index (κ2) is 6.72. The van der Waals surface area contributed by atoms with Crippen molar-refractivity contribution in [3.05, 3.63) is 58.3 Å². The fourth-order valence-electron chi connectivity index (χ4n) is 2.04. The topological polar surface area (TPSA) is 42.4 Å². The van der Waals surface area contributed by atoms with Crippen molar-refractivity contribution in [2.45, 2.75) is 13.0 Å². The summed E-state index contributed by atoms with van der Waals surface area (Å²) in [4.78, 5) is 18.3. The van der Waals surface area contributed by atoms with Crippen molar-refractivity contribution in [3.63, 3.8) is 0 Å². The maximum absolute atomic E-state index is 12.6. The molecule has 1 amide bonds. The molecule has 0 radical (unpaired) electrons. The SMILES string of the molecule is COc1ccc(C(=O)N(C)C(C)c2ccncc2)cc1Br. The van der Waals surface area contributed by atoms with Crippen molar-refractivity contribution in [1.29, 1.82) is 0 Å². The molecular weight excluding hydrogens is 332 g/mol. The Morgan fingerprint density at radius 3 is 2.52 bits per heavy atom. The summed E-state index contributed by atoms with van der Waals surface area (Å²) in [5.41, 5.74) is 1.67. The van der Waals surface area contributed by atoms with Gasteiger partial charge in [-0.3, -0.25) is 9.78 Å². The van der Waals surface area contributed by atoms with E-state index in [-0.39, 0.29) is 11.9 Å². The van der Waals surface area contributed by atoms with Crippen LogP contribution in [0.5, 0.6) is 5.75 Å². The molecule has 0 aliphatic carbocycles. The number of methoxy groups -OCH3 is 1. The molecule has 5 heteroatoms. The van der Waals surface area contributed by atoms with Crippen molar-refractivity contribution in [2.24, 2.45) is 0 Å². The Kier molecular flexibility index (Phi) is 4.96. The summed E-state index contributed by atoms with van der Waals surface area (Å²) in [7, 11) is 3.39. The molecule has 0 bridgehead atoms. The van der Waals surface area contributed by atoms with Crippen LogP contribution in [0.2, 0.25) is 0 Å². The van der Waals surface area contributed by atoms with E-state index in [0.717, 1.165) is 10.0 Å². The minimum Gasteiger partial charge on any atom is -0.496 e. The molecule has 1 unspecified atom stereocenters. The summed E-state index contributed by atoms with van der Waals surface area (Å²) < 4.78 is 5.94. The molecule has 21 heavy (non-hydrogen) atoms. The highest BCUT2D eigenvalue weighted by atomic mass is 79.9. The zero-order valence-electron chi connectivity index (χ0n) is 12.2. The summed E-state index contributed by atoms with van der Waals surface area (Å²) in [5, 5.41) is 0. The second-order valence-electron chi connectivity index (χ2n) is 4.72. The lowest BCUT2D eigenvalue weighted by Gasteiger charge is -2.25. The normalized spacial score (nSPS) is 11.8. The Morgan fingerprint density at radius 1 is 1.29 bits per heavy atom. The summed E-state index contributed by atoms with van der Waals surface area (Å²) in [5.74, 6) is 0.666. The van der Waals surface area contributed by atoms with Gasteiger partial charge in [-0.1, -0.05) is 0 Å². The number of carbonyl (C=O) groups is 1. The van der Waals surface area contributed by atoms with Gasteiger partial charge in [-0.05, 0) is 58.7 Å². The van der Waals surface area contributed by atoms with Crippen LogP contribution in [-0.2, 0) is 0 Å². The first-order valence-corrected chi connectivity index (χ1v) is 7.34. The molecule has 110 valence electrons. The van der Waals surface area contributed by atoms with Crippen LogP contribution in [0.1, 0.15) is 28.9 Å². The number of amides is 1. The average Bonchev–Trinajstić information content (AvgIpc) is 2.53. The molecular formula is C16H17BrN2O2. The summed E-state index contributed by atoms with van der Waals surface area (Å²) in [6.45, 7) is 1.99. The lowest BCUT2D eigenvalue weighted by atomic mass is 10.1. The van der Waals surface area contributed by atoms with Crippen molar-refractivity contribution >= 4 is 21.8 Å². The predicted molar refractivity (Wildman–Crippen MR) is 85.4 cm³/mol. The number of rotatable bonds is 4. The van der Waals surface area contributed by atoms with Gasteiger partial charge in [0.25, 0.3) is 5.91 Å². The number of halogens is 1. The number of ether oxygens (including phenoxy) is 1. The monoisotopic (exact) mass is 348 g/mol. The van der Waals surface area contributed by atoms with E-state index in [2.05, 4.69) is 20.9 Å². The van der Waals surface area contributed by atoms with Crippen LogP contribution < -0.4 is 4.74 Å². The fraction of sp³-hybridized carbons (Fsp3) is 0.250. The Labute approximate surface area is 132 Å². The molecule has 0 saturated carbocycles. The Hall–Kier alpha value is -1.88. The first kappa shape index (κ1) is 15.5. The van der Waals surface area contributed by atoms with Crippen LogP contribution in [0.3, 0.4) is 0 Å². The summed E-state index contributed by atoms with van der Waals surface area (Å²) in [6.07, 6.45) is 3.46. The van der Waals surface area contributed by atoms with Gasteiger partial charge in [0.1, 0.15) is 5.75 Å². The van der Waals surface area contributed by atoms with Gasteiger partial charge in [0.2, 0.25) is 0 Å². The van der Waals surface area contributed by atoms with Gasteiger partial charge in [0.05, 0.1) is 17.6 Å². The minimum absolute atomic E-state index is 0.0265. The van der Waals surface area contributed by atoms with E-state index in [9.17, 15) is 4.79 Å². The van der Waals surface area contributed by atoms with E-state index >= 15 is 0 Å². The quantitative estimate of drug-likeness (QED) is 0.846. The third-order valence-corrected chi connectivity index (χ3v) is 4.11. The van der Waals surface area contributed by atoms with Gasteiger partial charge < -0.3 is 9.64 Å². The molecule has 0 fully saturated rings. The molecule has 4 nitrogen and oxygen atoms in total. The smallest absolute Gasteiger partial charge is 0.254 e. The van der Waals surface area contributed by atoms with Crippen molar-refractivity contribution < 1.29 is 9.53 Å². The molecule has 0 spiro atoms. The third-order valence-electron chi connectivity index (χ3n) is 3.49. The summed E-state index contributed by atoms with van der Waals surface area (Å²) in [6, 6.07) is 9.12. The average molecular weight is 349 g/mol. The standard InChI is InChI=1S/C16H17BrN2O2/c1-11(12-6-8-18-9-7-12)19(2)16(20)13-4-5-15(21-3)14(17)10-13/h4-11H,1-3H3. The second-order valence-corrected chi connectivity index (χ2v) is 5.58. The van der Waals surface area contributed by atoms with Crippen LogP contribution in [0.15, 0.2) is 47.2 Å². The number of pyridine rings is 1. The molecule has 0 aliphatic rings. The van der Waals surface area contributed by atoms with E-state index in [0.29, 0.717) is 11.3 Å². The van der Waals surface area contributed by atoms with Gasteiger partial charge in [-0.2, -0.15) is 0 Å². The van der Waals surface area contributed by atoms with E-state index in [1.807, 2.05) is 19.1 Å². The maximum atomic E-state index is 12.6. The summed E-state index contributed by atoms with van der Waals surface area (Å²) >= 11 is 3.40. The van der Waals surface area contributed by atoms with Crippen molar-refractivity contribution in [3.8, 4) is 5.75 Å². The number of hydrogen-bond acceptors (Lipinski definition) is 3. The Balaban J connectivity index is 2.21. The number of carbonyl (C=O) groups excluding carboxylic acids is 1. The van der Waals surface area contributed by atoms with Gasteiger partial charge in [0.15, 0.2) is 0 Å². The minimum atomic E-state index is -0.0392. The molecule has 2 rings (SSSR count). The van der Waals surface area contributed by atoms with E-state index < -0.39 is 0 Å². The van der Waals surface area contributed by atoms with Crippen LogP contribution in [0.4, 0.5) is 0 Å². The molecule has 0 aliphatic heterocycles. The van der Waals surface area contributed by atoms with E-state index in [1.165, 1.54) is 0 Å². The first-order valence-electron chi connectivity index (χ1n) is 6.55. The van der Waals surface area contributed by atoms with E-state index in [1.54, 1.807) is 49.7 Å². The molecule has 1 aromatic heterocycles.